The SMILES string of the molecule is CC(C)(C)NC(=O)CNC(=O)/C=C/c1ccccc1Br. The molecule has 0 spiro atoms. The number of carbonyl (C=O) groups is 2. The lowest BCUT2D eigenvalue weighted by Gasteiger charge is -2.20. The summed E-state index contributed by atoms with van der Waals surface area (Å²) in [4.78, 5) is 23.1. The zero-order valence-electron chi connectivity index (χ0n) is 11.9. The van der Waals surface area contributed by atoms with E-state index in [1.165, 1.54) is 6.08 Å². The van der Waals surface area contributed by atoms with Crippen molar-refractivity contribution < 1.29 is 9.59 Å². The van der Waals surface area contributed by atoms with Gasteiger partial charge in [0.2, 0.25) is 11.8 Å². The highest BCUT2D eigenvalue weighted by Crippen LogP contribution is 2.16. The lowest BCUT2D eigenvalue weighted by Crippen LogP contribution is -2.45. The van der Waals surface area contributed by atoms with Crippen molar-refractivity contribution >= 4 is 33.8 Å². The smallest absolute Gasteiger partial charge is 0.244 e. The van der Waals surface area contributed by atoms with E-state index in [9.17, 15) is 9.59 Å². The number of hydrogen-bond acceptors (Lipinski definition) is 2. The summed E-state index contributed by atoms with van der Waals surface area (Å²) in [5, 5.41) is 5.31. The first-order chi connectivity index (χ1) is 9.28. The Labute approximate surface area is 127 Å². The zero-order chi connectivity index (χ0) is 15.2. The molecular weight excluding hydrogens is 320 g/mol. The number of benzene rings is 1. The Kier molecular flexibility index (Phi) is 5.95. The van der Waals surface area contributed by atoms with Crippen LogP contribution in [0, 0.1) is 0 Å². The lowest BCUT2D eigenvalue weighted by molar-refractivity contribution is -0.124. The second kappa shape index (κ2) is 7.24. The fourth-order valence-electron chi connectivity index (χ4n) is 1.46. The van der Waals surface area contributed by atoms with Gasteiger partial charge in [-0.25, -0.2) is 0 Å². The predicted octanol–water partition coefficient (Wildman–Crippen LogP) is 2.49. The van der Waals surface area contributed by atoms with E-state index in [4.69, 9.17) is 0 Å². The molecule has 1 aromatic rings. The summed E-state index contributed by atoms with van der Waals surface area (Å²) in [6.45, 7) is 5.63. The van der Waals surface area contributed by atoms with Gasteiger partial charge in [-0.05, 0) is 38.5 Å². The zero-order valence-corrected chi connectivity index (χ0v) is 13.5. The predicted molar refractivity (Wildman–Crippen MR) is 84.1 cm³/mol. The summed E-state index contributed by atoms with van der Waals surface area (Å²) in [7, 11) is 0. The van der Waals surface area contributed by atoms with Gasteiger partial charge in [0, 0.05) is 16.1 Å². The second-order valence-electron chi connectivity index (χ2n) is 5.37. The average molecular weight is 339 g/mol. The van der Waals surface area contributed by atoms with E-state index in [2.05, 4.69) is 26.6 Å². The van der Waals surface area contributed by atoms with E-state index >= 15 is 0 Å². The lowest BCUT2D eigenvalue weighted by atomic mass is 10.1. The minimum atomic E-state index is -0.301. The molecule has 1 aromatic carbocycles. The highest BCUT2D eigenvalue weighted by Gasteiger charge is 2.13. The molecule has 5 heteroatoms. The molecule has 108 valence electrons. The van der Waals surface area contributed by atoms with Crippen LogP contribution >= 0.6 is 15.9 Å². The Hall–Kier alpha value is -1.62. The van der Waals surface area contributed by atoms with Gasteiger partial charge in [-0.3, -0.25) is 9.59 Å². The molecule has 2 N–H and O–H groups in total. The van der Waals surface area contributed by atoms with Gasteiger partial charge >= 0.3 is 0 Å². The fourth-order valence-corrected chi connectivity index (χ4v) is 1.88. The molecule has 20 heavy (non-hydrogen) atoms. The Balaban J connectivity index is 2.45. The van der Waals surface area contributed by atoms with Gasteiger partial charge in [0.15, 0.2) is 0 Å². The molecule has 0 unspecified atom stereocenters. The summed E-state index contributed by atoms with van der Waals surface area (Å²) < 4.78 is 0.912. The summed E-state index contributed by atoms with van der Waals surface area (Å²) in [5.74, 6) is -0.509. The Morgan fingerprint density at radius 2 is 1.90 bits per heavy atom. The van der Waals surface area contributed by atoms with Crippen LogP contribution in [0.1, 0.15) is 26.3 Å². The van der Waals surface area contributed by atoms with Gasteiger partial charge < -0.3 is 10.6 Å². The third kappa shape index (κ3) is 6.52. The average Bonchev–Trinajstić information content (AvgIpc) is 2.33. The maximum absolute atomic E-state index is 11.6. The Morgan fingerprint density at radius 1 is 1.25 bits per heavy atom. The van der Waals surface area contributed by atoms with Crippen molar-refractivity contribution in [1.82, 2.24) is 10.6 Å². The Bertz CT molecular complexity index is 519. The van der Waals surface area contributed by atoms with Crippen molar-refractivity contribution in [2.45, 2.75) is 26.3 Å². The summed E-state index contributed by atoms with van der Waals surface area (Å²) in [6.07, 6.45) is 3.10. The third-order valence-corrected chi connectivity index (χ3v) is 2.98. The topological polar surface area (TPSA) is 58.2 Å². The van der Waals surface area contributed by atoms with Crippen LogP contribution in [0.15, 0.2) is 34.8 Å². The van der Waals surface area contributed by atoms with E-state index < -0.39 is 0 Å². The molecule has 0 aliphatic rings. The van der Waals surface area contributed by atoms with Gasteiger partial charge in [-0.2, -0.15) is 0 Å². The first-order valence-electron chi connectivity index (χ1n) is 6.29. The van der Waals surface area contributed by atoms with Crippen molar-refractivity contribution in [2.24, 2.45) is 0 Å². The van der Waals surface area contributed by atoms with Crippen molar-refractivity contribution in [3.05, 3.63) is 40.4 Å². The molecule has 0 bridgehead atoms. The van der Waals surface area contributed by atoms with Gasteiger partial charge in [0.05, 0.1) is 6.54 Å². The van der Waals surface area contributed by atoms with E-state index in [0.717, 1.165) is 10.0 Å². The summed E-state index contributed by atoms with van der Waals surface area (Å²) in [6, 6.07) is 7.58. The first-order valence-corrected chi connectivity index (χ1v) is 7.09. The van der Waals surface area contributed by atoms with Crippen LogP contribution in [-0.2, 0) is 9.59 Å². The number of carbonyl (C=O) groups excluding carboxylic acids is 2. The van der Waals surface area contributed by atoms with Crippen molar-refractivity contribution in [1.29, 1.82) is 0 Å². The molecule has 2 amide bonds. The number of nitrogens with one attached hydrogen (secondary N) is 2. The van der Waals surface area contributed by atoms with Crippen LogP contribution in [0.5, 0.6) is 0 Å². The van der Waals surface area contributed by atoms with Crippen LogP contribution in [0.25, 0.3) is 6.08 Å². The minimum Gasteiger partial charge on any atom is -0.350 e. The maximum atomic E-state index is 11.6. The molecule has 0 aliphatic heterocycles. The van der Waals surface area contributed by atoms with Gasteiger partial charge in [-0.1, -0.05) is 34.1 Å². The maximum Gasteiger partial charge on any atom is 0.244 e. The molecule has 0 atom stereocenters. The van der Waals surface area contributed by atoms with E-state index in [0.29, 0.717) is 0 Å². The summed E-state index contributed by atoms with van der Waals surface area (Å²) in [5.41, 5.74) is 0.605. The molecule has 0 aromatic heterocycles. The highest BCUT2D eigenvalue weighted by atomic mass is 79.9. The third-order valence-electron chi connectivity index (χ3n) is 2.26. The fraction of sp³-hybridized carbons (Fsp3) is 0.333. The van der Waals surface area contributed by atoms with Crippen molar-refractivity contribution in [2.75, 3.05) is 6.54 Å². The molecule has 4 nitrogen and oxygen atoms in total. The normalized spacial score (nSPS) is 11.4. The summed E-state index contributed by atoms with van der Waals surface area (Å²) >= 11 is 3.39. The van der Waals surface area contributed by atoms with Gasteiger partial charge in [-0.15, -0.1) is 0 Å². The monoisotopic (exact) mass is 338 g/mol. The van der Waals surface area contributed by atoms with Crippen LogP contribution in [-0.4, -0.2) is 23.9 Å². The molecule has 0 fully saturated rings. The minimum absolute atomic E-state index is 0.0313. The van der Waals surface area contributed by atoms with Crippen molar-refractivity contribution in [3.63, 3.8) is 0 Å². The van der Waals surface area contributed by atoms with E-state index in [-0.39, 0.29) is 23.9 Å². The number of rotatable bonds is 4. The Morgan fingerprint density at radius 3 is 2.50 bits per heavy atom. The van der Waals surface area contributed by atoms with Crippen LogP contribution < -0.4 is 10.6 Å². The number of halogens is 1. The molecule has 0 saturated carbocycles. The molecule has 1 rings (SSSR count). The molecule has 0 radical (unpaired) electrons. The van der Waals surface area contributed by atoms with Crippen LogP contribution in [0.2, 0.25) is 0 Å². The largest absolute Gasteiger partial charge is 0.350 e. The molecule has 0 heterocycles. The van der Waals surface area contributed by atoms with Crippen LogP contribution in [0.3, 0.4) is 0 Å². The molecule has 0 saturated heterocycles. The van der Waals surface area contributed by atoms with Crippen LogP contribution in [0.4, 0.5) is 0 Å². The second-order valence-corrected chi connectivity index (χ2v) is 6.23. The quantitative estimate of drug-likeness (QED) is 0.828. The number of amides is 2. The number of hydrogen-bond donors (Lipinski definition) is 2. The van der Waals surface area contributed by atoms with E-state index in [1.807, 2.05) is 45.0 Å². The van der Waals surface area contributed by atoms with Crippen molar-refractivity contribution in [3.8, 4) is 0 Å². The van der Waals surface area contributed by atoms with Gasteiger partial charge in [0.25, 0.3) is 0 Å². The molecular formula is C15H19BrN2O2. The molecule has 0 aliphatic carbocycles. The standard InChI is InChI=1S/C15H19BrN2O2/c1-15(2,3)18-14(20)10-17-13(19)9-8-11-6-4-5-7-12(11)16/h4-9H,10H2,1-3H3,(H,17,19)(H,18,20)/b9-8+. The first kappa shape index (κ1) is 16.4. The van der Waals surface area contributed by atoms with E-state index in [1.54, 1.807) is 6.08 Å². The van der Waals surface area contributed by atoms with Gasteiger partial charge in [0.1, 0.15) is 0 Å². The highest BCUT2D eigenvalue weighted by molar-refractivity contribution is 9.10.